The van der Waals surface area contributed by atoms with Crippen LogP contribution >= 0.6 is 0 Å². The fraction of sp³-hybridized carbons (Fsp3) is 0.400. The molecule has 0 aromatic heterocycles. The van der Waals surface area contributed by atoms with Gasteiger partial charge in [0.25, 0.3) is 5.91 Å². The molecular weight excluding hydrogens is 464 g/mol. The minimum atomic E-state index is -4.63. The van der Waals surface area contributed by atoms with E-state index < -0.39 is 40.9 Å². The van der Waals surface area contributed by atoms with Crippen molar-refractivity contribution in [2.24, 2.45) is 23.5 Å². The Hall–Kier alpha value is -3.61. The van der Waals surface area contributed by atoms with E-state index in [4.69, 9.17) is 11.0 Å². The van der Waals surface area contributed by atoms with Gasteiger partial charge in [-0.05, 0) is 55.0 Å². The predicted molar refractivity (Wildman–Crippen MR) is 120 cm³/mol. The Bertz CT molecular complexity index is 1170. The molecule has 2 aliphatic rings. The van der Waals surface area contributed by atoms with E-state index in [0.29, 0.717) is 31.6 Å². The summed E-state index contributed by atoms with van der Waals surface area (Å²) < 4.78 is 54.2. The van der Waals surface area contributed by atoms with Gasteiger partial charge in [-0.15, -0.1) is 0 Å². The van der Waals surface area contributed by atoms with Crippen molar-refractivity contribution < 1.29 is 27.2 Å². The number of benzene rings is 2. The molecule has 2 atom stereocenters. The van der Waals surface area contributed by atoms with Crippen LogP contribution in [0, 0.1) is 34.9 Å². The van der Waals surface area contributed by atoms with E-state index in [1.54, 1.807) is 12.1 Å². The van der Waals surface area contributed by atoms with Crippen LogP contribution in [0.4, 0.5) is 23.2 Å². The van der Waals surface area contributed by atoms with Crippen LogP contribution in [0.1, 0.15) is 34.3 Å². The molecule has 2 fully saturated rings. The minimum Gasteiger partial charge on any atom is -0.372 e. The number of halogens is 4. The van der Waals surface area contributed by atoms with Crippen LogP contribution in [0.25, 0.3) is 0 Å². The number of rotatable bonds is 4. The molecule has 2 N–H and O–H groups in total. The van der Waals surface area contributed by atoms with Crippen LogP contribution < -0.4 is 10.6 Å². The zero-order valence-corrected chi connectivity index (χ0v) is 18.8. The van der Waals surface area contributed by atoms with E-state index in [1.807, 2.05) is 4.90 Å². The summed E-state index contributed by atoms with van der Waals surface area (Å²) in [6.45, 7) is 1.28. The molecule has 0 spiro atoms. The lowest BCUT2D eigenvalue weighted by molar-refractivity contribution is -0.137. The third-order valence-electron chi connectivity index (χ3n) is 7.06. The zero-order valence-electron chi connectivity index (χ0n) is 18.8. The van der Waals surface area contributed by atoms with Crippen molar-refractivity contribution in [3.8, 4) is 6.07 Å². The third-order valence-corrected chi connectivity index (χ3v) is 7.06. The van der Waals surface area contributed by atoms with Crippen molar-refractivity contribution in [1.29, 1.82) is 5.26 Å². The lowest BCUT2D eigenvalue weighted by Crippen LogP contribution is -2.40. The largest absolute Gasteiger partial charge is 0.417 e. The van der Waals surface area contributed by atoms with Crippen LogP contribution in [0.15, 0.2) is 42.5 Å². The first-order chi connectivity index (χ1) is 16.6. The Balaban J connectivity index is 1.47. The average molecular weight is 488 g/mol. The third kappa shape index (κ3) is 4.94. The van der Waals surface area contributed by atoms with E-state index >= 15 is 0 Å². The van der Waals surface area contributed by atoms with Gasteiger partial charge in [-0.2, -0.15) is 18.4 Å². The number of hydrogen-bond donors (Lipinski definition) is 1. The average Bonchev–Trinajstić information content (AvgIpc) is 3.29. The van der Waals surface area contributed by atoms with Gasteiger partial charge in [-0.3, -0.25) is 9.59 Å². The van der Waals surface area contributed by atoms with Crippen molar-refractivity contribution in [2.45, 2.75) is 19.0 Å². The van der Waals surface area contributed by atoms with Gasteiger partial charge < -0.3 is 15.5 Å². The number of hydrogen-bond acceptors (Lipinski definition) is 4. The Morgan fingerprint density at radius 1 is 1.06 bits per heavy atom. The van der Waals surface area contributed by atoms with Crippen molar-refractivity contribution in [3.05, 3.63) is 65.0 Å². The molecule has 2 aliphatic heterocycles. The van der Waals surface area contributed by atoms with Crippen molar-refractivity contribution >= 4 is 17.5 Å². The molecule has 2 aromatic carbocycles. The molecule has 0 unspecified atom stereocenters. The fourth-order valence-corrected chi connectivity index (χ4v) is 5.23. The second kappa shape index (κ2) is 9.56. The molecule has 2 aromatic rings. The summed E-state index contributed by atoms with van der Waals surface area (Å²) in [5.74, 6) is -2.41. The molecule has 0 aliphatic carbocycles. The SMILES string of the molecule is N#Cc1ccc(N2CCC([C@@H]3CN(C(=O)c4ccccc4F)C[C@H]3C(N)=O)CC2)cc1C(F)(F)F. The number of anilines is 1. The number of nitriles is 1. The van der Waals surface area contributed by atoms with Gasteiger partial charge in [0.2, 0.25) is 5.91 Å². The number of nitrogens with two attached hydrogens (primary N) is 1. The Labute approximate surface area is 199 Å². The van der Waals surface area contributed by atoms with E-state index in [2.05, 4.69) is 0 Å². The summed E-state index contributed by atoms with van der Waals surface area (Å²) in [6, 6.07) is 10.9. The highest BCUT2D eigenvalue weighted by Gasteiger charge is 2.44. The number of alkyl halides is 3. The quantitative estimate of drug-likeness (QED) is 0.663. The maximum atomic E-state index is 14.1. The van der Waals surface area contributed by atoms with Crippen molar-refractivity contribution in [2.75, 3.05) is 31.1 Å². The molecule has 2 heterocycles. The lowest BCUT2D eigenvalue weighted by Gasteiger charge is -2.37. The van der Waals surface area contributed by atoms with Gasteiger partial charge >= 0.3 is 6.18 Å². The Morgan fingerprint density at radius 2 is 1.74 bits per heavy atom. The number of primary amides is 1. The number of likely N-dealkylation sites (tertiary alicyclic amines) is 1. The molecule has 10 heteroatoms. The summed E-state index contributed by atoms with van der Waals surface area (Å²) in [5, 5.41) is 9.01. The molecule has 2 amide bonds. The number of carbonyl (C=O) groups excluding carboxylic acids is 2. The molecule has 0 bridgehead atoms. The number of carbonyl (C=O) groups is 2. The second-order valence-corrected chi connectivity index (χ2v) is 9.03. The number of piperidine rings is 1. The van der Waals surface area contributed by atoms with Gasteiger partial charge in [-0.25, -0.2) is 4.39 Å². The van der Waals surface area contributed by atoms with Crippen molar-refractivity contribution in [3.63, 3.8) is 0 Å². The molecule has 6 nitrogen and oxygen atoms in total. The van der Waals surface area contributed by atoms with Gasteiger partial charge in [0.1, 0.15) is 5.82 Å². The molecule has 184 valence electrons. The first-order valence-corrected chi connectivity index (χ1v) is 11.3. The lowest BCUT2D eigenvalue weighted by atomic mass is 9.78. The first kappa shape index (κ1) is 24.5. The summed E-state index contributed by atoms with van der Waals surface area (Å²) in [5.41, 5.74) is 4.56. The molecule has 2 saturated heterocycles. The van der Waals surface area contributed by atoms with E-state index in [1.165, 1.54) is 35.2 Å². The number of nitrogens with zero attached hydrogens (tertiary/aromatic N) is 3. The summed E-state index contributed by atoms with van der Waals surface area (Å²) in [4.78, 5) is 28.3. The maximum Gasteiger partial charge on any atom is 0.417 e. The zero-order chi connectivity index (χ0) is 25.3. The van der Waals surface area contributed by atoms with Crippen LogP contribution in [0.3, 0.4) is 0 Å². The van der Waals surface area contributed by atoms with Gasteiger partial charge in [0.05, 0.1) is 28.7 Å². The Morgan fingerprint density at radius 3 is 2.34 bits per heavy atom. The van der Waals surface area contributed by atoms with Gasteiger partial charge in [-0.1, -0.05) is 12.1 Å². The number of amides is 2. The van der Waals surface area contributed by atoms with Gasteiger partial charge in [0.15, 0.2) is 0 Å². The highest BCUT2D eigenvalue weighted by molar-refractivity contribution is 5.95. The fourth-order valence-electron chi connectivity index (χ4n) is 5.23. The smallest absolute Gasteiger partial charge is 0.372 e. The van der Waals surface area contributed by atoms with Crippen LogP contribution in [0.5, 0.6) is 0 Å². The highest BCUT2D eigenvalue weighted by atomic mass is 19.4. The van der Waals surface area contributed by atoms with Crippen LogP contribution in [-0.2, 0) is 11.0 Å². The predicted octanol–water partition coefficient (Wildman–Crippen LogP) is 3.81. The second-order valence-electron chi connectivity index (χ2n) is 9.03. The van der Waals surface area contributed by atoms with E-state index in [0.717, 1.165) is 6.07 Å². The van der Waals surface area contributed by atoms with Crippen molar-refractivity contribution in [1.82, 2.24) is 4.90 Å². The topological polar surface area (TPSA) is 90.4 Å². The molecular formula is C25H24F4N4O2. The molecule has 0 saturated carbocycles. The Kier molecular flexibility index (Phi) is 6.70. The molecule has 35 heavy (non-hydrogen) atoms. The minimum absolute atomic E-state index is 0.0302. The van der Waals surface area contributed by atoms with Crippen LogP contribution in [0.2, 0.25) is 0 Å². The standard InChI is InChI=1S/C25H24F4N4O2/c26-22-4-2-1-3-18(22)24(35)33-13-19(20(14-33)23(31)34)15-7-9-32(10-8-15)17-6-5-16(12-30)21(11-17)25(27,28)29/h1-6,11,15,19-20H,7-10,13-14H2,(H2,31,34)/t19-,20+/m0/s1. The van der Waals surface area contributed by atoms with E-state index in [9.17, 15) is 27.2 Å². The normalized spacial score (nSPS) is 21.1. The summed E-state index contributed by atoms with van der Waals surface area (Å²) in [7, 11) is 0. The highest BCUT2D eigenvalue weighted by Crippen LogP contribution is 2.39. The summed E-state index contributed by atoms with van der Waals surface area (Å²) in [6.07, 6.45) is -3.44. The first-order valence-electron chi connectivity index (χ1n) is 11.3. The van der Waals surface area contributed by atoms with E-state index in [-0.39, 0.29) is 30.5 Å². The molecule has 0 radical (unpaired) electrons. The monoisotopic (exact) mass is 488 g/mol. The van der Waals surface area contributed by atoms with Crippen LogP contribution in [-0.4, -0.2) is 42.9 Å². The van der Waals surface area contributed by atoms with Gasteiger partial charge in [0, 0.05) is 31.9 Å². The molecule has 4 rings (SSSR count). The summed E-state index contributed by atoms with van der Waals surface area (Å²) >= 11 is 0. The maximum absolute atomic E-state index is 14.1.